The third-order valence-corrected chi connectivity index (χ3v) is 5.95. The number of rotatable bonds is 7. The second kappa shape index (κ2) is 9.28. The minimum atomic E-state index is -0.155. The van der Waals surface area contributed by atoms with Crippen LogP contribution < -0.4 is 0 Å². The number of piperidine rings is 1. The first-order valence-corrected chi connectivity index (χ1v) is 10.6. The summed E-state index contributed by atoms with van der Waals surface area (Å²) in [5.74, 6) is 2.16. The lowest BCUT2D eigenvalue weighted by Gasteiger charge is -2.30. The number of allylic oxidation sites excluding steroid dienone is 1. The quantitative estimate of drug-likeness (QED) is 0.628. The van der Waals surface area contributed by atoms with Crippen LogP contribution in [0.15, 0.2) is 58.0 Å². The normalized spacial score (nSPS) is 22.1. The van der Waals surface area contributed by atoms with Crippen molar-refractivity contribution in [3.05, 3.63) is 70.8 Å². The number of hydrogen-bond donors (Lipinski definition) is 0. The molecule has 2 aromatic rings. The Morgan fingerprint density at radius 2 is 2.00 bits per heavy atom. The smallest absolute Gasteiger partial charge is 0.149 e. The third kappa shape index (κ3) is 4.64. The summed E-state index contributed by atoms with van der Waals surface area (Å²) in [6, 6.07) is 7.24. The molecule has 1 saturated heterocycles. The fraction of sp³-hybridized carbons (Fsp3) is 0.417. The summed E-state index contributed by atoms with van der Waals surface area (Å²) < 4.78 is 13.7. The van der Waals surface area contributed by atoms with Gasteiger partial charge in [-0.15, -0.1) is 0 Å². The zero-order valence-corrected chi connectivity index (χ0v) is 17.5. The Kier molecular flexibility index (Phi) is 6.31. The van der Waals surface area contributed by atoms with E-state index in [1.165, 1.54) is 24.8 Å². The zero-order chi connectivity index (χ0) is 20.9. The van der Waals surface area contributed by atoms with Crippen LogP contribution in [-0.2, 0) is 6.54 Å². The number of aliphatic imine (C=N–C) groups is 2. The molecule has 0 N–H and O–H groups in total. The molecular weight excluding hydrogens is 377 g/mol. The Morgan fingerprint density at radius 3 is 2.70 bits per heavy atom. The van der Waals surface area contributed by atoms with Crippen molar-refractivity contribution >= 4 is 12.9 Å². The molecule has 4 rings (SSSR count). The van der Waals surface area contributed by atoms with Crippen LogP contribution >= 0.6 is 0 Å². The maximum atomic E-state index is 13.7. The van der Waals surface area contributed by atoms with Gasteiger partial charge in [0.15, 0.2) is 0 Å². The highest BCUT2D eigenvalue weighted by molar-refractivity contribution is 5.82. The van der Waals surface area contributed by atoms with Crippen molar-refractivity contribution in [2.75, 3.05) is 13.1 Å². The lowest BCUT2D eigenvalue weighted by atomic mass is 10.0. The van der Waals surface area contributed by atoms with E-state index in [0.717, 1.165) is 30.9 Å². The largest absolute Gasteiger partial charge is 0.356 e. The van der Waals surface area contributed by atoms with Gasteiger partial charge in [0.25, 0.3) is 0 Å². The Hall–Kier alpha value is -2.89. The molecule has 5 nitrogen and oxygen atoms in total. The summed E-state index contributed by atoms with van der Waals surface area (Å²) in [5, 5.41) is 0. The van der Waals surface area contributed by atoms with E-state index in [4.69, 9.17) is 0 Å². The number of hydrogen-bond acceptors (Lipinski definition) is 5. The molecule has 2 atom stereocenters. The third-order valence-electron chi connectivity index (χ3n) is 5.95. The van der Waals surface area contributed by atoms with E-state index in [2.05, 4.69) is 31.6 Å². The van der Waals surface area contributed by atoms with E-state index < -0.39 is 0 Å². The van der Waals surface area contributed by atoms with Gasteiger partial charge in [-0.2, -0.15) is 0 Å². The van der Waals surface area contributed by atoms with Crippen molar-refractivity contribution in [2.24, 2.45) is 15.9 Å². The van der Waals surface area contributed by atoms with E-state index in [1.807, 2.05) is 25.3 Å². The summed E-state index contributed by atoms with van der Waals surface area (Å²) in [6.07, 6.45) is 10.0. The molecule has 156 valence electrons. The standard InChI is InChI=1S/C24H28FN5/c1-17-13-18(7-8-22(17)25)19-14-20(19)21(15-27-16-23-28-9-6-10-29-23)24(26-2)30-11-4-3-5-12-30/h6-10,13,15,19-20H,2-5,11-12,14,16H2,1H3/b24-21-,27-15?. The molecule has 0 spiro atoms. The minimum absolute atomic E-state index is 0.155. The number of benzene rings is 1. The number of aromatic nitrogens is 2. The van der Waals surface area contributed by atoms with E-state index in [9.17, 15) is 4.39 Å². The van der Waals surface area contributed by atoms with Crippen molar-refractivity contribution < 1.29 is 4.39 Å². The molecular formula is C24H28FN5. The second-order valence-electron chi connectivity index (χ2n) is 8.08. The van der Waals surface area contributed by atoms with E-state index >= 15 is 0 Å². The number of aryl methyl sites for hydroxylation is 1. The predicted octanol–water partition coefficient (Wildman–Crippen LogP) is 4.70. The fourth-order valence-electron chi connectivity index (χ4n) is 4.24. The highest BCUT2D eigenvalue weighted by Crippen LogP contribution is 2.52. The Bertz CT molecular complexity index is 947. The van der Waals surface area contributed by atoms with Crippen molar-refractivity contribution in [3.8, 4) is 0 Å². The van der Waals surface area contributed by atoms with Crippen LogP contribution in [0.25, 0.3) is 0 Å². The Balaban J connectivity index is 1.60. The summed E-state index contributed by atoms with van der Waals surface area (Å²) >= 11 is 0. The van der Waals surface area contributed by atoms with Gasteiger partial charge in [0, 0.05) is 37.3 Å². The van der Waals surface area contributed by atoms with Crippen LogP contribution in [0.4, 0.5) is 4.39 Å². The van der Waals surface area contributed by atoms with Crippen molar-refractivity contribution in [3.63, 3.8) is 0 Å². The summed E-state index contributed by atoms with van der Waals surface area (Å²) in [5.41, 5.74) is 2.99. The van der Waals surface area contributed by atoms with Crippen molar-refractivity contribution in [1.82, 2.24) is 14.9 Å². The monoisotopic (exact) mass is 405 g/mol. The van der Waals surface area contributed by atoms with E-state index in [0.29, 0.717) is 29.8 Å². The average molecular weight is 406 g/mol. The first kappa shape index (κ1) is 20.4. The summed E-state index contributed by atoms with van der Waals surface area (Å²) in [6.45, 7) is 8.12. The Labute approximate surface area is 177 Å². The first-order valence-electron chi connectivity index (χ1n) is 10.6. The van der Waals surface area contributed by atoms with Gasteiger partial charge in [0.2, 0.25) is 0 Å². The molecule has 0 amide bonds. The summed E-state index contributed by atoms with van der Waals surface area (Å²) in [4.78, 5) is 19.9. The van der Waals surface area contributed by atoms with Crippen LogP contribution in [0.1, 0.15) is 48.6 Å². The van der Waals surface area contributed by atoms with Gasteiger partial charge in [0.1, 0.15) is 17.5 Å². The lowest BCUT2D eigenvalue weighted by Crippen LogP contribution is -2.29. The average Bonchev–Trinajstić information content (AvgIpc) is 3.57. The van der Waals surface area contributed by atoms with Crippen LogP contribution in [0.5, 0.6) is 0 Å². The minimum Gasteiger partial charge on any atom is -0.356 e. The molecule has 1 aromatic heterocycles. The predicted molar refractivity (Wildman–Crippen MR) is 118 cm³/mol. The molecule has 30 heavy (non-hydrogen) atoms. The molecule has 2 aliphatic rings. The van der Waals surface area contributed by atoms with Gasteiger partial charge < -0.3 is 4.90 Å². The van der Waals surface area contributed by atoms with Crippen LogP contribution in [-0.4, -0.2) is 40.9 Å². The molecule has 1 aliphatic carbocycles. The molecule has 2 heterocycles. The molecule has 6 heteroatoms. The first-order chi connectivity index (χ1) is 14.7. The lowest BCUT2D eigenvalue weighted by molar-refractivity contribution is 0.281. The maximum Gasteiger partial charge on any atom is 0.149 e. The zero-order valence-electron chi connectivity index (χ0n) is 17.5. The molecule has 0 bridgehead atoms. The summed E-state index contributed by atoms with van der Waals surface area (Å²) in [7, 11) is 0. The van der Waals surface area contributed by atoms with E-state index in [-0.39, 0.29) is 5.82 Å². The van der Waals surface area contributed by atoms with Gasteiger partial charge >= 0.3 is 0 Å². The van der Waals surface area contributed by atoms with Gasteiger partial charge in [-0.1, -0.05) is 12.1 Å². The number of halogens is 1. The van der Waals surface area contributed by atoms with Crippen molar-refractivity contribution in [1.29, 1.82) is 0 Å². The van der Waals surface area contributed by atoms with Crippen LogP contribution in [0.2, 0.25) is 0 Å². The Morgan fingerprint density at radius 1 is 1.23 bits per heavy atom. The molecule has 1 aliphatic heterocycles. The van der Waals surface area contributed by atoms with Gasteiger partial charge in [-0.05, 0) is 74.4 Å². The number of likely N-dealkylation sites (tertiary alicyclic amines) is 1. The van der Waals surface area contributed by atoms with Gasteiger partial charge in [0.05, 0.1) is 6.54 Å². The molecule has 0 radical (unpaired) electrons. The second-order valence-corrected chi connectivity index (χ2v) is 8.08. The molecule has 1 saturated carbocycles. The fourth-order valence-corrected chi connectivity index (χ4v) is 4.24. The van der Waals surface area contributed by atoms with Crippen LogP contribution in [0.3, 0.4) is 0 Å². The van der Waals surface area contributed by atoms with Crippen molar-refractivity contribution in [2.45, 2.75) is 45.1 Å². The highest BCUT2D eigenvalue weighted by atomic mass is 19.1. The maximum absolute atomic E-state index is 13.7. The topological polar surface area (TPSA) is 53.7 Å². The van der Waals surface area contributed by atoms with Crippen LogP contribution in [0, 0.1) is 18.7 Å². The molecule has 2 unspecified atom stereocenters. The highest BCUT2D eigenvalue weighted by Gasteiger charge is 2.42. The van der Waals surface area contributed by atoms with Gasteiger partial charge in [-0.25, -0.2) is 19.4 Å². The molecule has 2 fully saturated rings. The van der Waals surface area contributed by atoms with Gasteiger partial charge in [-0.3, -0.25) is 4.99 Å². The molecule has 1 aromatic carbocycles. The SMILES string of the molecule is C=N/C(=C(\C=NCc1ncccn1)C1CC1c1ccc(F)c(C)c1)N1CCCCC1. The number of nitrogens with zero attached hydrogens (tertiary/aromatic N) is 5. The van der Waals surface area contributed by atoms with E-state index in [1.54, 1.807) is 24.5 Å².